The van der Waals surface area contributed by atoms with E-state index in [1.165, 1.54) is 44.9 Å². The summed E-state index contributed by atoms with van der Waals surface area (Å²) in [5.41, 5.74) is 0.503. The Hall–Kier alpha value is -0.710. The summed E-state index contributed by atoms with van der Waals surface area (Å²) >= 11 is 3.53. The highest BCUT2D eigenvalue weighted by Gasteiger charge is 2.64. The van der Waals surface area contributed by atoms with Crippen LogP contribution < -0.4 is 0 Å². The van der Waals surface area contributed by atoms with Gasteiger partial charge >= 0.3 is 5.97 Å². The third-order valence-electron chi connectivity index (χ3n) is 11.1. The quantitative estimate of drug-likeness (QED) is 0.310. The largest absolute Gasteiger partial charge is 0.462 e. The second-order valence-corrected chi connectivity index (χ2v) is 13.2. The second kappa shape index (κ2) is 11.4. The number of fused-ring (bicyclic) bond motifs is 5. The third kappa shape index (κ3) is 5.32. The maximum atomic E-state index is 12.6. The number of carbonyl (C=O) groups is 2. The molecule has 0 spiro atoms. The smallest absolute Gasteiger partial charge is 0.302 e. The molecule has 1 amide bonds. The summed E-state index contributed by atoms with van der Waals surface area (Å²) < 4.78 is 6.10. The standard InChI is InChI=1S/C29H49NO3.CH4S/c1-18(2)9-8-10-19(3)21-11-12-22-27-23(13-15-28(21,22)5)29(6)16-14-26(32)30(7)25(29)17-24(27)33-20(4)31;1-2/h18-19,21-25,27H,8-17H2,1-7H3;2H,1H3/t19?,21?,22?,23?,24?,25?,27?,28?,29-;/m1./s1. The zero-order valence-electron chi connectivity index (χ0n) is 23.8. The molecule has 4 nitrogen and oxygen atoms in total. The Morgan fingerprint density at radius 2 is 1.71 bits per heavy atom. The summed E-state index contributed by atoms with van der Waals surface area (Å²) in [6.45, 7) is 13.8. The first-order valence-corrected chi connectivity index (χ1v) is 15.3. The van der Waals surface area contributed by atoms with Crippen LogP contribution >= 0.6 is 12.6 Å². The SMILES string of the molecule is CC(=O)OC1CC2N(C)C(=O)CC[C@]2(C)C2CCC3(C)C(C(C)CCCC(C)C)CCC3C12.CS. The van der Waals surface area contributed by atoms with E-state index in [4.69, 9.17) is 4.74 Å². The van der Waals surface area contributed by atoms with Gasteiger partial charge in [0.2, 0.25) is 5.91 Å². The molecule has 1 saturated heterocycles. The fourth-order valence-electron chi connectivity index (χ4n) is 9.42. The maximum absolute atomic E-state index is 12.6. The molecule has 5 heteroatoms. The molecule has 4 aliphatic rings. The van der Waals surface area contributed by atoms with Crippen LogP contribution in [0.4, 0.5) is 0 Å². The highest BCUT2D eigenvalue weighted by Crippen LogP contribution is 2.67. The van der Waals surface area contributed by atoms with Crippen molar-refractivity contribution in [3.05, 3.63) is 0 Å². The molecule has 4 fully saturated rings. The van der Waals surface area contributed by atoms with Crippen molar-refractivity contribution in [1.82, 2.24) is 4.90 Å². The highest BCUT2D eigenvalue weighted by atomic mass is 32.1. The van der Waals surface area contributed by atoms with Crippen molar-refractivity contribution in [1.29, 1.82) is 0 Å². The second-order valence-electron chi connectivity index (χ2n) is 13.2. The monoisotopic (exact) mass is 507 g/mol. The number of rotatable bonds is 6. The molecule has 35 heavy (non-hydrogen) atoms. The molecule has 3 aliphatic carbocycles. The predicted octanol–water partition coefficient (Wildman–Crippen LogP) is 7.02. The molecule has 0 radical (unpaired) electrons. The molecule has 0 bridgehead atoms. The number of ether oxygens (including phenoxy) is 1. The summed E-state index contributed by atoms with van der Waals surface area (Å²) in [7, 11) is 1.98. The Balaban J connectivity index is 0.00000167. The lowest BCUT2D eigenvalue weighted by Gasteiger charge is -2.63. The predicted molar refractivity (Wildman–Crippen MR) is 147 cm³/mol. The number of likely N-dealkylation sites (tertiary alicyclic amines) is 1. The van der Waals surface area contributed by atoms with Crippen molar-refractivity contribution >= 4 is 24.5 Å². The fraction of sp³-hybridized carbons (Fsp3) is 0.933. The van der Waals surface area contributed by atoms with Gasteiger partial charge in [0.1, 0.15) is 6.10 Å². The third-order valence-corrected chi connectivity index (χ3v) is 11.1. The van der Waals surface area contributed by atoms with E-state index >= 15 is 0 Å². The Labute approximate surface area is 221 Å². The number of thiol groups is 1. The molecule has 8 unspecified atom stereocenters. The minimum atomic E-state index is -0.156. The first-order chi connectivity index (χ1) is 16.5. The molecule has 0 aromatic rings. The van der Waals surface area contributed by atoms with Gasteiger partial charge in [0.25, 0.3) is 0 Å². The van der Waals surface area contributed by atoms with Crippen LogP contribution in [0.5, 0.6) is 0 Å². The summed E-state index contributed by atoms with van der Waals surface area (Å²) in [4.78, 5) is 26.8. The van der Waals surface area contributed by atoms with E-state index in [1.54, 1.807) is 13.2 Å². The number of esters is 1. The first kappa shape index (κ1) is 28.9. The lowest BCUT2D eigenvalue weighted by atomic mass is 9.45. The van der Waals surface area contributed by atoms with Gasteiger partial charge in [0, 0.05) is 38.8 Å². The van der Waals surface area contributed by atoms with Gasteiger partial charge in [-0.05, 0) is 78.8 Å². The van der Waals surface area contributed by atoms with Gasteiger partial charge in [-0.1, -0.05) is 53.9 Å². The van der Waals surface area contributed by atoms with E-state index < -0.39 is 0 Å². The molecule has 0 N–H and O–H groups in total. The molecule has 202 valence electrons. The topological polar surface area (TPSA) is 46.6 Å². The Morgan fingerprint density at radius 3 is 2.34 bits per heavy atom. The summed E-state index contributed by atoms with van der Waals surface area (Å²) in [5, 5.41) is 0. The molecule has 1 heterocycles. The average molecular weight is 508 g/mol. The Kier molecular flexibility index (Phi) is 9.36. The molecular weight excluding hydrogens is 454 g/mol. The molecule has 0 aromatic carbocycles. The lowest BCUT2D eigenvalue weighted by Crippen LogP contribution is -2.65. The van der Waals surface area contributed by atoms with Crippen LogP contribution in [0.25, 0.3) is 0 Å². The van der Waals surface area contributed by atoms with Gasteiger partial charge in [-0.15, -0.1) is 0 Å². The number of amides is 1. The van der Waals surface area contributed by atoms with Crippen molar-refractivity contribution in [3.63, 3.8) is 0 Å². The van der Waals surface area contributed by atoms with E-state index in [2.05, 4.69) is 47.2 Å². The van der Waals surface area contributed by atoms with E-state index in [0.29, 0.717) is 29.6 Å². The minimum Gasteiger partial charge on any atom is -0.462 e. The molecule has 4 rings (SSSR count). The van der Waals surface area contributed by atoms with Crippen molar-refractivity contribution in [2.75, 3.05) is 13.3 Å². The van der Waals surface area contributed by atoms with E-state index in [-0.39, 0.29) is 29.4 Å². The molecule has 1 aliphatic heterocycles. The van der Waals surface area contributed by atoms with Crippen LogP contribution in [-0.4, -0.2) is 42.2 Å². The number of nitrogens with zero attached hydrogens (tertiary/aromatic N) is 1. The van der Waals surface area contributed by atoms with Gasteiger partial charge in [0.15, 0.2) is 0 Å². The summed E-state index contributed by atoms with van der Waals surface area (Å²) in [6, 6.07) is 0.195. The zero-order chi connectivity index (χ0) is 26.1. The van der Waals surface area contributed by atoms with Gasteiger partial charge in [-0.3, -0.25) is 9.59 Å². The van der Waals surface area contributed by atoms with Gasteiger partial charge < -0.3 is 9.64 Å². The van der Waals surface area contributed by atoms with E-state index in [0.717, 1.165) is 30.6 Å². The molecular formula is C30H53NO3S. The Bertz CT molecular complexity index is 756. The van der Waals surface area contributed by atoms with Crippen molar-refractivity contribution in [2.45, 2.75) is 118 Å². The summed E-state index contributed by atoms with van der Waals surface area (Å²) in [6.07, 6.45) is 13.3. The fourth-order valence-corrected chi connectivity index (χ4v) is 9.42. The highest BCUT2D eigenvalue weighted by molar-refractivity contribution is 7.79. The number of carbonyl (C=O) groups excluding carboxylic acids is 2. The molecule has 0 aromatic heterocycles. The van der Waals surface area contributed by atoms with Crippen LogP contribution in [0.2, 0.25) is 0 Å². The number of hydrogen-bond donors (Lipinski definition) is 1. The Morgan fingerprint density at radius 1 is 1.06 bits per heavy atom. The van der Waals surface area contributed by atoms with E-state index in [1.807, 2.05) is 11.9 Å². The van der Waals surface area contributed by atoms with Crippen molar-refractivity contribution in [3.8, 4) is 0 Å². The number of hydrogen-bond acceptors (Lipinski definition) is 4. The van der Waals surface area contributed by atoms with Crippen LogP contribution in [-0.2, 0) is 14.3 Å². The molecule has 3 saturated carbocycles. The van der Waals surface area contributed by atoms with Crippen molar-refractivity contribution < 1.29 is 14.3 Å². The van der Waals surface area contributed by atoms with Crippen molar-refractivity contribution in [2.24, 2.45) is 46.3 Å². The number of piperidine rings is 1. The van der Waals surface area contributed by atoms with Crippen LogP contribution in [0.15, 0.2) is 0 Å². The van der Waals surface area contributed by atoms with Gasteiger partial charge in [-0.2, -0.15) is 12.6 Å². The van der Waals surface area contributed by atoms with Gasteiger partial charge in [-0.25, -0.2) is 0 Å². The van der Waals surface area contributed by atoms with Crippen LogP contribution in [0, 0.1) is 46.3 Å². The van der Waals surface area contributed by atoms with Crippen LogP contribution in [0.1, 0.15) is 106 Å². The molecule has 9 atom stereocenters. The summed E-state index contributed by atoms with van der Waals surface area (Å²) in [5.74, 6) is 4.08. The zero-order valence-corrected chi connectivity index (χ0v) is 24.7. The normalized spacial score (nSPS) is 41.3. The lowest BCUT2D eigenvalue weighted by molar-refractivity contribution is -0.195. The average Bonchev–Trinajstić information content (AvgIpc) is 3.15. The van der Waals surface area contributed by atoms with Gasteiger partial charge in [0.05, 0.1) is 0 Å². The van der Waals surface area contributed by atoms with E-state index in [9.17, 15) is 9.59 Å². The maximum Gasteiger partial charge on any atom is 0.302 e. The van der Waals surface area contributed by atoms with Crippen LogP contribution in [0.3, 0.4) is 0 Å². The first-order valence-electron chi connectivity index (χ1n) is 14.4. The minimum absolute atomic E-state index is 0.0430.